The molecule has 2 atom stereocenters. The third kappa shape index (κ3) is 5.46. The van der Waals surface area contributed by atoms with Crippen LogP contribution in [0.3, 0.4) is 0 Å². The minimum atomic E-state index is -5.08. The number of piperidine rings is 1. The second kappa shape index (κ2) is 10.1. The van der Waals surface area contributed by atoms with Crippen LogP contribution in [0.4, 0.5) is 24.5 Å². The number of aliphatic carboxylic acids is 1. The quantitative estimate of drug-likeness (QED) is 0.699. The number of carboxylic acid groups (broad SMARTS) is 1. The molecule has 1 amide bonds. The van der Waals surface area contributed by atoms with E-state index < -0.39 is 12.1 Å². The predicted octanol–water partition coefficient (Wildman–Crippen LogP) is 3.16. The largest absolute Gasteiger partial charge is 0.490 e. The summed E-state index contributed by atoms with van der Waals surface area (Å²) >= 11 is 0. The van der Waals surface area contributed by atoms with E-state index in [2.05, 4.69) is 16.0 Å². The minimum Gasteiger partial charge on any atom is -0.475 e. The summed E-state index contributed by atoms with van der Waals surface area (Å²) in [7, 11) is 0. The van der Waals surface area contributed by atoms with Crippen molar-refractivity contribution in [2.45, 2.75) is 44.4 Å². The molecule has 1 aromatic heterocycles. The lowest BCUT2D eigenvalue weighted by atomic mass is 10.0. The summed E-state index contributed by atoms with van der Waals surface area (Å²) in [5.74, 6) is -2.97. The number of fused-ring (bicyclic) bond motifs is 1. The molecule has 1 fully saturated rings. The molecule has 1 unspecified atom stereocenters. The molecule has 2 aromatic rings. The van der Waals surface area contributed by atoms with Crippen molar-refractivity contribution < 1.29 is 27.9 Å². The van der Waals surface area contributed by atoms with Crippen LogP contribution in [0.5, 0.6) is 0 Å². The molecule has 0 saturated carbocycles. The molecule has 34 heavy (non-hydrogen) atoms. The van der Waals surface area contributed by atoms with Gasteiger partial charge in [0.1, 0.15) is 0 Å². The fourth-order valence-electron chi connectivity index (χ4n) is 4.08. The van der Waals surface area contributed by atoms with E-state index in [4.69, 9.17) is 20.9 Å². The number of hydrogen-bond acceptors (Lipinski definition) is 6. The molecule has 0 spiro atoms. The van der Waals surface area contributed by atoms with Gasteiger partial charge in [0.2, 0.25) is 5.91 Å². The van der Waals surface area contributed by atoms with Crippen molar-refractivity contribution >= 4 is 23.3 Å². The molecular formula is C23H24F3N5O3. The Hall–Kier alpha value is -3.65. The molecule has 3 heterocycles. The summed E-state index contributed by atoms with van der Waals surface area (Å²) in [6, 6.07) is 11.7. The molecule has 11 heteroatoms. The molecular weight excluding hydrogens is 451 g/mol. The van der Waals surface area contributed by atoms with Crippen molar-refractivity contribution in [2.24, 2.45) is 5.73 Å². The molecule has 3 N–H and O–H groups in total. The molecule has 0 aliphatic carbocycles. The maximum absolute atomic E-state index is 13.0. The van der Waals surface area contributed by atoms with E-state index in [1.54, 1.807) is 12.3 Å². The maximum Gasteiger partial charge on any atom is 0.490 e. The maximum atomic E-state index is 13.0. The highest BCUT2D eigenvalue weighted by molar-refractivity contribution is 6.07. The van der Waals surface area contributed by atoms with E-state index in [0.717, 1.165) is 48.6 Å². The number of carbonyl (C=O) groups is 2. The second-order valence-electron chi connectivity index (χ2n) is 8.17. The minimum absolute atomic E-state index is 0.0496. The molecule has 1 aromatic carbocycles. The number of alkyl halides is 3. The van der Waals surface area contributed by atoms with Gasteiger partial charge in [-0.3, -0.25) is 9.78 Å². The Morgan fingerprint density at radius 1 is 1.35 bits per heavy atom. The Morgan fingerprint density at radius 2 is 2.06 bits per heavy atom. The molecule has 2 aliphatic heterocycles. The summed E-state index contributed by atoms with van der Waals surface area (Å²) in [6.07, 6.45) is -1.21. The number of carbonyl (C=O) groups excluding carboxylic acids is 1. The smallest absolute Gasteiger partial charge is 0.475 e. The summed E-state index contributed by atoms with van der Waals surface area (Å²) in [5, 5.41) is 16.3. The van der Waals surface area contributed by atoms with E-state index in [1.165, 1.54) is 0 Å². The number of nitrogens with zero attached hydrogens (tertiary/aromatic N) is 4. The van der Waals surface area contributed by atoms with Crippen molar-refractivity contribution in [2.75, 3.05) is 22.9 Å². The zero-order valence-corrected chi connectivity index (χ0v) is 18.4. The van der Waals surface area contributed by atoms with Gasteiger partial charge in [-0.15, -0.1) is 0 Å². The highest BCUT2D eigenvalue weighted by Gasteiger charge is 2.39. The molecule has 1 saturated heterocycles. The summed E-state index contributed by atoms with van der Waals surface area (Å²) < 4.78 is 31.7. The van der Waals surface area contributed by atoms with Crippen LogP contribution in [-0.4, -0.2) is 47.3 Å². The van der Waals surface area contributed by atoms with Gasteiger partial charge in [0.25, 0.3) is 0 Å². The fourth-order valence-corrected chi connectivity index (χ4v) is 4.08. The summed E-state index contributed by atoms with van der Waals surface area (Å²) in [4.78, 5) is 30.5. The third-order valence-corrected chi connectivity index (χ3v) is 5.69. The van der Waals surface area contributed by atoms with E-state index >= 15 is 0 Å². The molecule has 180 valence electrons. The lowest BCUT2D eigenvalue weighted by Gasteiger charge is -2.35. The predicted molar refractivity (Wildman–Crippen MR) is 118 cm³/mol. The highest BCUT2D eigenvalue weighted by atomic mass is 19.4. The lowest BCUT2D eigenvalue weighted by molar-refractivity contribution is -0.192. The first-order valence-corrected chi connectivity index (χ1v) is 10.6. The Morgan fingerprint density at radius 3 is 2.68 bits per heavy atom. The van der Waals surface area contributed by atoms with Crippen molar-refractivity contribution in [3.63, 3.8) is 0 Å². The molecule has 8 nitrogen and oxygen atoms in total. The van der Waals surface area contributed by atoms with Crippen LogP contribution in [0.2, 0.25) is 0 Å². The van der Waals surface area contributed by atoms with Gasteiger partial charge in [0, 0.05) is 25.3 Å². The second-order valence-corrected chi connectivity index (χ2v) is 8.17. The number of nitriles is 1. The van der Waals surface area contributed by atoms with Crippen LogP contribution in [0, 0.1) is 11.3 Å². The third-order valence-electron chi connectivity index (χ3n) is 5.69. The number of amides is 1. The Bertz CT molecular complexity index is 1120. The number of anilines is 2. The van der Waals surface area contributed by atoms with Gasteiger partial charge < -0.3 is 20.6 Å². The van der Waals surface area contributed by atoms with Crippen molar-refractivity contribution in [1.29, 1.82) is 5.26 Å². The molecule has 0 radical (unpaired) electrons. The SMILES string of the molecule is CC1C(=O)N(Cc2cccc(C#N)c2)c2c(N3CCC[C@@H](N)C3)ccnc21.O=C(O)C(F)(F)F. The van der Waals surface area contributed by atoms with Crippen LogP contribution in [0.1, 0.15) is 42.5 Å². The average Bonchev–Trinajstić information content (AvgIpc) is 3.04. The van der Waals surface area contributed by atoms with Gasteiger partial charge in [-0.25, -0.2) is 4.79 Å². The lowest BCUT2D eigenvalue weighted by Crippen LogP contribution is -2.43. The molecule has 2 aliphatic rings. The first kappa shape index (κ1) is 25.0. The molecule has 0 bridgehead atoms. The standard InChI is InChI=1S/C21H23N5O.C2HF3O2/c1-14-19-20(18(7-8-24-19)25-9-3-6-17(23)13-25)26(21(14)27)12-16-5-2-4-15(10-16)11-22;3-2(4,5)1(6)7/h2,4-5,7-8,10,14,17H,3,6,9,12-13,23H2,1H3;(H,6,7)/t14?,17-;/m1./s1. The number of pyridine rings is 1. The van der Waals surface area contributed by atoms with Crippen LogP contribution in [0.25, 0.3) is 0 Å². The first-order chi connectivity index (χ1) is 16.0. The van der Waals surface area contributed by atoms with Crippen molar-refractivity contribution in [3.05, 3.63) is 53.3 Å². The zero-order chi connectivity index (χ0) is 25.0. The van der Waals surface area contributed by atoms with Gasteiger partial charge >= 0.3 is 12.1 Å². The van der Waals surface area contributed by atoms with Crippen LogP contribution >= 0.6 is 0 Å². The number of carboxylic acids is 1. The topological polar surface area (TPSA) is 124 Å². The van der Waals surface area contributed by atoms with Gasteiger partial charge in [0.15, 0.2) is 0 Å². The first-order valence-electron chi connectivity index (χ1n) is 10.6. The summed E-state index contributed by atoms with van der Waals surface area (Å²) in [5.41, 5.74) is 10.5. The Balaban J connectivity index is 0.000000406. The zero-order valence-electron chi connectivity index (χ0n) is 18.4. The number of nitrogens with two attached hydrogens (primary N) is 1. The van der Waals surface area contributed by atoms with Gasteiger partial charge in [-0.1, -0.05) is 12.1 Å². The highest BCUT2D eigenvalue weighted by Crippen LogP contribution is 2.43. The average molecular weight is 475 g/mol. The normalized spacial score (nSPS) is 19.7. The Kier molecular flexibility index (Phi) is 7.41. The van der Waals surface area contributed by atoms with Gasteiger partial charge in [-0.2, -0.15) is 18.4 Å². The number of hydrogen-bond donors (Lipinski definition) is 2. The van der Waals surface area contributed by atoms with Gasteiger partial charge in [-0.05, 0) is 43.5 Å². The number of aromatic nitrogens is 1. The van der Waals surface area contributed by atoms with Crippen LogP contribution in [0.15, 0.2) is 36.5 Å². The van der Waals surface area contributed by atoms with E-state index in [-0.39, 0.29) is 17.9 Å². The van der Waals surface area contributed by atoms with E-state index in [9.17, 15) is 18.0 Å². The van der Waals surface area contributed by atoms with Crippen LogP contribution in [-0.2, 0) is 16.1 Å². The number of rotatable bonds is 3. The van der Waals surface area contributed by atoms with E-state index in [1.807, 2.05) is 36.1 Å². The monoisotopic (exact) mass is 475 g/mol. The van der Waals surface area contributed by atoms with Gasteiger partial charge in [0.05, 0.1) is 41.2 Å². The Labute approximate surface area is 194 Å². The molecule has 4 rings (SSSR count). The van der Waals surface area contributed by atoms with Crippen LogP contribution < -0.4 is 15.5 Å². The fraction of sp³-hybridized carbons (Fsp3) is 0.391. The number of benzene rings is 1. The van der Waals surface area contributed by atoms with Crippen molar-refractivity contribution in [1.82, 2.24) is 4.98 Å². The van der Waals surface area contributed by atoms with E-state index in [0.29, 0.717) is 12.1 Å². The summed E-state index contributed by atoms with van der Waals surface area (Å²) in [6.45, 7) is 4.07. The van der Waals surface area contributed by atoms with Crippen molar-refractivity contribution in [3.8, 4) is 6.07 Å². The number of halogens is 3.